The first kappa shape index (κ1) is 20.3. The van der Waals surface area contributed by atoms with E-state index in [1.165, 1.54) is 23.5 Å². The lowest BCUT2D eigenvalue weighted by Crippen LogP contribution is -2.27. The molecular weight excluding hydrogens is 399 g/mol. The number of hydrogen-bond acceptors (Lipinski definition) is 4. The van der Waals surface area contributed by atoms with Crippen LogP contribution in [0.3, 0.4) is 0 Å². The summed E-state index contributed by atoms with van der Waals surface area (Å²) in [6, 6.07) is 14.4. The molecular formula is C21H20ClFN2O2S. The van der Waals surface area contributed by atoms with Gasteiger partial charge in [-0.1, -0.05) is 41.9 Å². The van der Waals surface area contributed by atoms with E-state index in [-0.39, 0.29) is 5.02 Å². The monoisotopic (exact) mass is 418 g/mol. The highest BCUT2D eigenvalue weighted by Crippen LogP contribution is 2.34. The minimum absolute atomic E-state index is 0.0258. The number of aromatic nitrogens is 1. The number of anilines is 1. The summed E-state index contributed by atoms with van der Waals surface area (Å²) in [5, 5.41) is 3.12. The molecule has 1 N–H and O–H groups in total. The van der Waals surface area contributed by atoms with Crippen LogP contribution in [0.15, 0.2) is 48.5 Å². The summed E-state index contributed by atoms with van der Waals surface area (Å²) in [5.74, 6) is -0.489. The fourth-order valence-corrected chi connectivity index (χ4v) is 3.75. The molecule has 0 radical (unpaired) electrons. The van der Waals surface area contributed by atoms with Gasteiger partial charge in [0.05, 0.1) is 10.7 Å². The molecule has 146 valence electrons. The predicted molar refractivity (Wildman–Crippen MR) is 112 cm³/mol. The Kier molecular flexibility index (Phi) is 6.01. The van der Waals surface area contributed by atoms with Crippen LogP contribution in [0, 0.1) is 5.82 Å². The lowest BCUT2D eigenvalue weighted by molar-refractivity contribution is 0.0636. The molecule has 0 spiro atoms. The van der Waals surface area contributed by atoms with Crippen LogP contribution in [0.1, 0.15) is 31.2 Å². The Labute approximate surface area is 172 Å². The molecule has 7 heteroatoms. The van der Waals surface area contributed by atoms with Crippen molar-refractivity contribution in [2.45, 2.75) is 32.8 Å². The molecule has 0 bridgehead atoms. The van der Waals surface area contributed by atoms with Crippen molar-refractivity contribution in [2.75, 3.05) is 5.32 Å². The number of carbonyl (C=O) groups excluding carboxylic acids is 1. The zero-order valence-corrected chi connectivity index (χ0v) is 17.3. The smallest absolute Gasteiger partial charge is 0.413 e. The minimum Gasteiger partial charge on any atom is -0.444 e. The Morgan fingerprint density at radius 2 is 1.93 bits per heavy atom. The molecule has 0 atom stereocenters. The van der Waals surface area contributed by atoms with Crippen LogP contribution in [-0.4, -0.2) is 16.7 Å². The van der Waals surface area contributed by atoms with Crippen LogP contribution in [0.5, 0.6) is 0 Å². The van der Waals surface area contributed by atoms with Crippen molar-refractivity contribution < 1.29 is 13.9 Å². The maximum absolute atomic E-state index is 13.6. The van der Waals surface area contributed by atoms with E-state index in [1.807, 2.05) is 30.3 Å². The third-order valence-corrected chi connectivity index (χ3v) is 4.97. The van der Waals surface area contributed by atoms with Crippen molar-refractivity contribution in [1.82, 2.24) is 4.98 Å². The van der Waals surface area contributed by atoms with Crippen LogP contribution in [0.25, 0.3) is 11.3 Å². The number of nitrogens with one attached hydrogen (secondary N) is 1. The Hall–Kier alpha value is -2.44. The second kappa shape index (κ2) is 8.29. The Bertz CT molecular complexity index is 984. The number of hydrogen-bond donors (Lipinski definition) is 1. The normalized spacial score (nSPS) is 11.3. The third kappa shape index (κ3) is 5.30. The van der Waals surface area contributed by atoms with Crippen molar-refractivity contribution >= 4 is 34.2 Å². The van der Waals surface area contributed by atoms with E-state index in [2.05, 4.69) is 10.3 Å². The fourth-order valence-electron chi connectivity index (χ4n) is 2.57. The molecule has 3 aromatic rings. The number of benzene rings is 2. The van der Waals surface area contributed by atoms with Gasteiger partial charge in [-0.25, -0.2) is 14.2 Å². The lowest BCUT2D eigenvalue weighted by atomic mass is 10.1. The van der Waals surface area contributed by atoms with E-state index in [0.717, 1.165) is 10.4 Å². The van der Waals surface area contributed by atoms with Crippen LogP contribution in [0.4, 0.5) is 14.3 Å². The van der Waals surface area contributed by atoms with Gasteiger partial charge in [0.1, 0.15) is 11.4 Å². The maximum Gasteiger partial charge on any atom is 0.413 e. The van der Waals surface area contributed by atoms with E-state index in [0.29, 0.717) is 22.8 Å². The summed E-state index contributed by atoms with van der Waals surface area (Å²) in [7, 11) is 0. The van der Waals surface area contributed by atoms with Crippen molar-refractivity contribution in [3.63, 3.8) is 0 Å². The highest BCUT2D eigenvalue weighted by molar-refractivity contribution is 7.16. The predicted octanol–water partition coefficient (Wildman–Crippen LogP) is 6.54. The molecule has 0 saturated heterocycles. The number of halogens is 2. The van der Waals surface area contributed by atoms with E-state index in [1.54, 1.807) is 26.8 Å². The summed E-state index contributed by atoms with van der Waals surface area (Å²) in [4.78, 5) is 17.6. The molecule has 0 aliphatic carbocycles. The highest BCUT2D eigenvalue weighted by atomic mass is 35.5. The second-order valence-electron chi connectivity index (χ2n) is 7.21. The second-order valence-corrected chi connectivity index (χ2v) is 8.70. The number of carbonyl (C=O) groups is 1. The van der Waals surface area contributed by atoms with Gasteiger partial charge in [0.15, 0.2) is 5.13 Å². The Morgan fingerprint density at radius 1 is 1.21 bits per heavy atom. The van der Waals surface area contributed by atoms with E-state index < -0.39 is 17.5 Å². The Balaban J connectivity index is 1.94. The van der Waals surface area contributed by atoms with Crippen molar-refractivity contribution in [3.05, 3.63) is 69.8 Å². The molecule has 28 heavy (non-hydrogen) atoms. The first-order valence-corrected chi connectivity index (χ1v) is 9.90. The van der Waals surface area contributed by atoms with Gasteiger partial charge < -0.3 is 4.74 Å². The molecule has 1 amide bonds. The van der Waals surface area contributed by atoms with E-state index >= 15 is 0 Å². The van der Waals surface area contributed by atoms with E-state index in [9.17, 15) is 9.18 Å². The molecule has 0 saturated carbocycles. The third-order valence-electron chi connectivity index (χ3n) is 3.71. The fraction of sp³-hybridized carbons (Fsp3) is 0.238. The largest absolute Gasteiger partial charge is 0.444 e. The summed E-state index contributed by atoms with van der Waals surface area (Å²) < 4.78 is 18.9. The van der Waals surface area contributed by atoms with Gasteiger partial charge in [-0.05, 0) is 44.5 Å². The zero-order valence-electron chi connectivity index (χ0n) is 15.8. The SMILES string of the molecule is CC(C)(C)OC(=O)Nc1nc(-c2ccc(F)c(Cl)c2)c(Cc2ccccc2)s1. The first-order valence-electron chi connectivity index (χ1n) is 8.70. The summed E-state index contributed by atoms with van der Waals surface area (Å²) in [5.41, 5.74) is 1.83. The van der Waals surface area contributed by atoms with Gasteiger partial charge in [-0.15, -0.1) is 11.3 Å². The number of amides is 1. The number of nitrogens with zero attached hydrogens (tertiary/aromatic N) is 1. The summed E-state index contributed by atoms with van der Waals surface area (Å²) in [6.45, 7) is 5.38. The van der Waals surface area contributed by atoms with Crippen LogP contribution < -0.4 is 5.32 Å². The molecule has 3 rings (SSSR count). The molecule has 2 aromatic carbocycles. The van der Waals surface area contributed by atoms with Crippen molar-refractivity contribution in [3.8, 4) is 11.3 Å². The Morgan fingerprint density at radius 3 is 2.57 bits per heavy atom. The molecule has 1 aromatic heterocycles. The van der Waals surface area contributed by atoms with Crippen molar-refractivity contribution in [1.29, 1.82) is 0 Å². The molecule has 0 fully saturated rings. The number of ether oxygens (including phenoxy) is 1. The quantitative estimate of drug-likeness (QED) is 0.523. The maximum atomic E-state index is 13.6. The van der Waals surface area contributed by atoms with Crippen LogP contribution >= 0.6 is 22.9 Å². The average Bonchev–Trinajstić information content (AvgIpc) is 2.98. The summed E-state index contributed by atoms with van der Waals surface area (Å²) >= 11 is 7.30. The molecule has 0 aliphatic rings. The number of rotatable bonds is 4. The number of thiazole rings is 1. The highest BCUT2D eigenvalue weighted by Gasteiger charge is 2.20. The first-order chi connectivity index (χ1) is 13.2. The van der Waals surface area contributed by atoms with Crippen molar-refractivity contribution in [2.24, 2.45) is 0 Å². The average molecular weight is 419 g/mol. The van der Waals surface area contributed by atoms with Gasteiger partial charge in [-0.3, -0.25) is 5.32 Å². The molecule has 0 aliphatic heterocycles. The summed E-state index contributed by atoms with van der Waals surface area (Å²) in [6.07, 6.45) is 0.0509. The minimum atomic E-state index is -0.610. The molecule has 0 unspecified atom stereocenters. The van der Waals surface area contributed by atoms with Gasteiger partial charge in [0.2, 0.25) is 0 Å². The van der Waals surface area contributed by atoms with Gasteiger partial charge >= 0.3 is 6.09 Å². The lowest BCUT2D eigenvalue weighted by Gasteiger charge is -2.18. The van der Waals surface area contributed by atoms with Crippen LogP contribution in [0.2, 0.25) is 5.02 Å². The van der Waals surface area contributed by atoms with Gasteiger partial charge in [0.25, 0.3) is 0 Å². The zero-order chi connectivity index (χ0) is 20.3. The topological polar surface area (TPSA) is 51.2 Å². The van der Waals surface area contributed by atoms with E-state index in [4.69, 9.17) is 16.3 Å². The standard InChI is InChI=1S/C21H20ClFN2O2S/c1-21(2,3)27-20(26)25-19-24-18(14-9-10-16(23)15(22)12-14)17(28-19)11-13-7-5-4-6-8-13/h4-10,12H,11H2,1-3H3,(H,24,25,26). The van der Waals surface area contributed by atoms with Crippen LogP contribution in [-0.2, 0) is 11.2 Å². The molecule has 1 heterocycles. The van der Waals surface area contributed by atoms with Gasteiger partial charge in [-0.2, -0.15) is 0 Å². The molecule has 4 nitrogen and oxygen atoms in total. The van der Waals surface area contributed by atoms with Gasteiger partial charge in [0, 0.05) is 16.9 Å².